The van der Waals surface area contributed by atoms with Crippen LogP contribution in [0.25, 0.3) is 0 Å². The van der Waals surface area contributed by atoms with Crippen LogP contribution in [0.2, 0.25) is 0 Å². The second kappa shape index (κ2) is 7.56. The normalized spacial score (nSPS) is 14.0. The minimum absolute atomic E-state index is 0.00558. The highest BCUT2D eigenvalue weighted by Crippen LogP contribution is 2.20. The highest BCUT2D eigenvalue weighted by atomic mass is 32.2. The molecular weight excluding hydrogens is 302 g/mol. The van der Waals surface area contributed by atoms with Crippen molar-refractivity contribution in [2.24, 2.45) is 11.1 Å². The Morgan fingerprint density at radius 1 is 1.27 bits per heavy atom. The number of hydrogen-bond donors (Lipinski definition) is 1. The topological polar surface area (TPSA) is 86.5 Å². The minimum atomic E-state index is -3.87. The molecule has 1 aromatic rings. The van der Waals surface area contributed by atoms with E-state index in [-0.39, 0.29) is 23.4 Å². The van der Waals surface area contributed by atoms with E-state index in [9.17, 15) is 13.2 Å². The van der Waals surface area contributed by atoms with E-state index in [4.69, 9.17) is 9.92 Å². The number of carbonyl (C=O) groups is 1. The van der Waals surface area contributed by atoms with Crippen LogP contribution in [0.1, 0.15) is 33.6 Å². The van der Waals surface area contributed by atoms with Gasteiger partial charge < -0.3 is 9.92 Å². The smallest absolute Gasteiger partial charge is 0.332 e. The van der Waals surface area contributed by atoms with Gasteiger partial charge in [0.15, 0.2) is 0 Å². The summed E-state index contributed by atoms with van der Waals surface area (Å²) in [6, 6.07) is 7.53. The van der Waals surface area contributed by atoms with Gasteiger partial charge in [-0.2, -0.15) is 8.42 Å². The van der Waals surface area contributed by atoms with E-state index in [1.807, 2.05) is 20.8 Å². The number of carbonyl (C=O) groups excluding carboxylic acids is 1. The molecule has 0 aliphatic rings. The van der Waals surface area contributed by atoms with Crippen LogP contribution in [0.3, 0.4) is 0 Å². The number of para-hydroxylation sites is 1. The first-order valence-electron chi connectivity index (χ1n) is 7.02. The van der Waals surface area contributed by atoms with Crippen molar-refractivity contribution in [2.45, 2.75) is 39.7 Å². The zero-order valence-corrected chi connectivity index (χ0v) is 14.0. The molecule has 6 heteroatoms. The first kappa shape index (κ1) is 18.4. The van der Waals surface area contributed by atoms with Crippen molar-refractivity contribution in [2.75, 3.05) is 0 Å². The first-order valence-corrected chi connectivity index (χ1v) is 8.49. The molecule has 5 nitrogen and oxygen atoms in total. The monoisotopic (exact) mass is 325 g/mol. The SMILES string of the molecule is CC(C)(C)CC(=O)C[C@H](N)/C=C/S(=O)(=O)Oc1ccccc1. The van der Waals surface area contributed by atoms with Crippen molar-refractivity contribution < 1.29 is 17.4 Å². The first-order chi connectivity index (χ1) is 10.1. The van der Waals surface area contributed by atoms with E-state index < -0.39 is 16.2 Å². The molecule has 0 aliphatic heterocycles. The van der Waals surface area contributed by atoms with Gasteiger partial charge in [-0.15, -0.1) is 0 Å². The Morgan fingerprint density at radius 3 is 2.41 bits per heavy atom. The highest BCUT2D eigenvalue weighted by molar-refractivity contribution is 7.90. The summed E-state index contributed by atoms with van der Waals surface area (Å²) in [6.07, 6.45) is 1.79. The van der Waals surface area contributed by atoms with Gasteiger partial charge in [-0.25, -0.2) is 0 Å². The summed E-state index contributed by atoms with van der Waals surface area (Å²) in [5.41, 5.74) is 5.66. The minimum Gasteiger partial charge on any atom is -0.379 e. The van der Waals surface area contributed by atoms with Gasteiger partial charge in [-0.05, 0) is 17.5 Å². The Balaban J connectivity index is 2.57. The number of ketones is 1. The third-order valence-corrected chi connectivity index (χ3v) is 3.55. The molecule has 2 N–H and O–H groups in total. The van der Waals surface area contributed by atoms with Crippen molar-refractivity contribution in [3.63, 3.8) is 0 Å². The largest absolute Gasteiger partial charge is 0.379 e. The van der Waals surface area contributed by atoms with Crippen LogP contribution in [0.15, 0.2) is 41.8 Å². The lowest BCUT2D eigenvalue weighted by Gasteiger charge is -2.17. The molecule has 0 bridgehead atoms. The molecule has 0 aliphatic carbocycles. The number of nitrogens with two attached hydrogens (primary N) is 1. The molecule has 0 fully saturated rings. The molecule has 1 aromatic carbocycles. The Hall–Kier alpha value is -1.66. The number of hydrogen-bond acceptors (Lipinski definition) is 5. The molecule has 0 aromatic heterocycles. The highest BCUT2D eigenvalue weighted by Gasteiger charge is 2.17. The third kappa shape index (κ3) is 7.95. The summed E-state index contributed by atoms with van der Waals surface area (Å²) in [5.74, 6) is 0.232. The van der Waals surface area contributed by atoms with Crippen LogP contribution in [-0.4, -0.2) is 20.2 Å². The van der Waals surface area contributed by atoms with E-state index in [2.05, 4.69) is 0 Å². The number of Topliss-reactive ketones (excluding diaryl/α,β-unsaturated/α-hetero) is 1. The second-order valence-electron chi connectivity index (χ2n) is 6.36. The Morgan fingerprint density at radius 2 is 1.86 bits per heavy atom. The van der Waals surface area contributed by atoms with Gasteiger partial charge in [0.2, 0.25) is 0 Å². The van der Waals surface area contributed by atoms with Crippen molar-refractivity contribution >= 4 is 15.9 Å². The van der Waals surface area contributed by atoms with Crippen LogP contribution >= 0.6 is 0 Å². The molecule has 0 unspecified atom stereocenters. The zero-order valence-electron chi connectivity index (χ0n) is 13.2. The molecule has 1 atom stereocenters. The standard InChI is InChI=1S/C16H23NO4S/c1-16(2,3)12-14(18)11-13(17)9-10-22(19,20)21-15-7-5-4-6-8-15/h4-10,13H,11-12,17H2,1-3H3/b10-9+/t13-/m1/s1. The maximum Gasteiger partial charge on any atom is 0.332 e. The summed E-state index contributed by atoms with van der Waals surface area (Å²) in [5, 5.41) is 0.898. The summed E-state index contributed by atoms with van der Waals surface area (Å²) >= 11 is 0. The third-order valence-electron chi connectivity index (χ3n) is 2.64. The molecule has 1 rings (SSSR count). The fourth-order valence-electron chi connectivity index (χ4n) is 1.83. The number of rotatable bonds is 7. The molecule has 0 saturated heterocycles. The predicted octanol–water partition coefficient (Wildman–Crippen LogP) is 2.63. The summed E-state index contributed by atoms with van der Waals surface area (Å²) in [7, 11) is -3.87. The van der Waals surface area contributed by atoms with Crippen LogP contribution in [0.5, 0.6) is 5.75 Å². The molecular formula is C16H23NO4S. The molecule has 122 valence electrons. The van der Waals surface area contributed by atoms with Crippen LogP contribution in [-0.2, 0) is 14.9 Å². The molecule has 0 amide bonds. The fourth-order valence-corrected chi connectivity index (χ4v) is 2.66. The summed E-state index contributed by atoms with van der Waals surface area (Å²) in [4.78, 5) is 11.8. The second-order valence-corrected chi connectivity index (χ2v) is 7.79. The van der Waals surface area contributed by atoms with Gasteiger partial charge in [-0.3, -0.25) is 4.79 Å². The van der Waals surface area contributed by atoms with E-state index >= 15 is 0 Å². The average molecular weight is 325 g/mol. The van der Waals surface area contributed by atoms with Crippen LogP contribution < -0.4 is 9.92 Å². The molecule has 0 saturated carbocycles. The average Bonchev–Trinajstić information content (AvgIpc) is 2.35. The lowest BCUT2D eigenvalue weighted by Crippen LogP contribution is -2.24. The van der Waals surface area contributed by atoms with Crippen molar-refractivity contribution in [3.05, 3.63) is 41.8 Å². The number of benzene rings is 1. The van der Waals surface area contributed by atoms with Crippen molar-refractivity contribution in [3.8, 4) is 5.75 Å². The van der Waals surface area contributed by atoms with Gasteiger partial charge in [0, 0.05) is 18.9 Å². The maximum absolute atomic E-state index is 11.8. The van der Waals surface area contributed by atoms with E-state index in [0.717, 1.165) is 5.41 Å². The Bertz CT molecular complexity index is 615. The van der Waals surface area contributed by atoms with Crippen LogP contribution in [0, 0.1) is 5.41 Å². The quantitative estimate of drug-likeness (QED) is 0.779. The lowest BCUT2D eigenvalue weighted by molar-refractivity contribution is -0.120. The van der Waals surface area contributed by atoms with Crippen molar-refractivity contribution in [1.29, 1.82) is 0 Å². The molecule has 0 radical (unpaired) electrons. The van der Waals surface area contributed by atoms with E-state index in [1.54, 1.807) is 18.2 Å². The van der Waals surface area contributed by atoms with Gasteiger partial charge in [0.1, 0.15) is 11.5 Å². The zero-order chi connectivity index (χ0) is 16.8. The van der Waals surface area contributed by atoms with Gasteiger partial charge in [0.05, 0.1) is 5.41 Å². The molecule has 0 spiro atoms. The van der Waals surface area contributed by atoms with E-state index in [1.165, 1.54) is 18.2 Å². The van der Waals surface area contributed by atoms with Gasteiger partial charge in [-0.1, -0.05) is 45.0 Å². The van der Waals surface area contributed by atoms with E-state index in [0.29, 0.717) is 6.42 Å². The van der Waals surface area contributed by atoms with Crippen molar-refractivity contribution in [1.82, 2.24) is 0 Å². The Kier molecular flexibility index (Phi) is 6.32. The maximum atomic E-state index is 11.8. The van der Waals surface area contributed by atoms with Gasteiger partial charge >= 0.3 is 10.1 Å². The molecule has 22 heavy (non-hydrogen) atoms. The lowest BCUT2D eigenvalue weighted by atomic mass is 9.88. The Labute approximate surface area is 132 Å². The summed E-state index contributed by atoms with van der Waals surface area (Å²) < 4.78 is 28.4. The fraction of sp³-hybridized carbons (Fsp3) is 0.438. The summed E-state index contributed by atoms with van der Waals surface area (Å²) in [6.45, 7) is 5.89. The van der Waals surface area contributed by atoms with Gasteiger partial charge in [0.25, 0.3) is 0 Å². The molecule has 0 heterocycles. The van der Waals surface area contributed by atoms with Crippen LogP contribution in [0.4, 0.5) is 0 Å². The predicted molar refractivity (Wildman–Crippen MR) is 86.8 cm³/mol.